The van der Waals surface area contributed by atoms with E-state index in [0.29, 0.717) is 25.6 Å². The van der Waals surface area contributed by atoms with Crippen molar-refractivity contribution >= 4 is 5.91 Å². The van der Waals surface area contributed by atoms with Crippen LogP contribution in [0.4, 0.5) is 0 Å². The van der Waals surface area contributed by atoms with Crippen LogP contribution in [0.3, 0.4) is 0 Å². The number of nitrogens with zero attached hydrogens (tertiary/aromatic N) is 3. The summed E-state index contributed by atoms with van der Waals surface area (Å²) in [5.41, 5.74) is 0. The summed E-state index contributed by atoms with van der Waals surface area (Å²) in [5, 5.41) is 9.20. The highest BCUT2D eigenvalue weighted by Gasteiger charge is 2.32. The van der Waals surface area contributed by atoms with Crippen LogP contribution >= 0.6 is 0 Å². The molecule has 5 heteroatoms. The van der Waals surface area contributed by atoms with Gasteiger partial charge in [-0.3, -0.25) is 9.69 Å². The molecule has 0 bridgehead atoms. The van der Waals surface area contributed by atoms with Gasteiger partial charge < -0.3 is 9.64 Å². The summed E-state index contributed by atoms with van der Waals surface area (Å²) in [6, 6.07) is 2.33. The van der Waals surface area contributed by atoms with Crippen LogP contribution in [-0.4, -0.2) is 60.6 Å². The minimum atomic E-state index is -0.219. The quantitative estimate of drug-likeness (QED) is 0.759. The first-order valence-electron chi connectivity index (χ1n) is 7.17. The van der Waals surface area contributed by atoms with Crippen molar-refractivity contribution in [1.29, 1.82) is 5.26 Å². The molecule has 0 saturated carbocycles. The van der Waals surface area contributed by atoms with Crippen LogP contribution in [0.25, 0.3) is 0 Å². The van der Waals surface area contributed by atoms with E-state index in [2.05, 4.69) is 24.8 Å². The summed E-state index contributed by atoms with van der Waals surface area (Å²) in [6.45, 7) is 7.84. The molecule has 2 aliphatic heterocycles. The predicted octanol–water partition coefficient (Wildman–Crippen LogP) is 0.858. The molecule has 0 N–H and O–H groups in total. The Bertz CT molecular complexity index is 350. The Morgan fingerprint density at radius 3 is 2.47 bits per heavy atom. The fraction of sp³-hybridized carbons (Fsp3) is 0.857. The molecule has 5 nitrogen and oxygen atoms in total. The highest BCUT2D eigenvalue weighted by atomic mass is 16.5. The number of hydrogen-bond donors (Lipinski definition) is 0. The lowest BCUT2D eigenvalue weighted by Crippen LogP contribution is -2.54. The molecular formula is C14H23N3O2. The minimum absolute atomic E-state index is 0.0417. The molecule has 0 aliphatic carbocycles. The van der Waals surface area contributed by atoms with Gasteiger partial charge in [0.15, 0.2) is 0 Å². The lowest BCUT2D eigenvalue weighted by atomic mass is 10.0. The third-order valence-electron chi connectivity index (χ3n) is 3.99. The molecule has 2 aliphatic rings. The van der Waals surface area contributed by atoms with Gasteiger partial charge in [-0.2, -0.15) is 5.26 Å². The Kier molecular flexibility index (Phi) is 4.78. The van der Waals surface area contributed by atoms with Crippen LogP contribution in [0.2, 0.25) is 0 Å². The van der Waals surface area contributed by atoms with Gasteiger partial charge in [0.25, 0.3) is 5.91 Å². The molecule has 1 amide bonds. The van der Waals surface area contributed by atoms with Gasteiger partial charge in [0.1, 0.15) is 12.1 Å². The molecule has 0 aromatic carbocycles. The Morgan fingerprint density at radius 1 is 1.32 bits per heavy atom. The smallest absolute Gasteiger partial charge is 0.251 e. The molecule has 0 unspecified atom stereocenters. The second kappa shape index (κ2) is 6.36. The average molecular weight is 265 g/mol. The van der Waals surface area contributed by atoms with E-state index in [4.69, 9.17) is 4.74 Å². The maximum atomic E-state index is 12.2. The van der Waals surface area contributed by atoms with Crippen LogP contribution in [0.5, 0.6) is 0 Å². The van der Waals surface area contributed by atoms with E-state index in [1.165, 1.54) is 0 Å². The van der Waals surface area contributed by atoms with Crippen molar-refractivity contribution in [2.75, 3.05) is 32.8 Å². The van der Waals surface area contributed by atoms with E-state index >= 15 is 0 Å². The van der Waals surface area contributed by atoms with Crippen LogP contribution in [0, 0.1) is 17.2 Å². The summed E-state index contributed by atoms with van der Waals surface area (Å²) in [6.07, 6.45) is 1.62. The topological polar surface area (TPSA) is 56.6 Å². The number of hydrogen-bond acceptors (Lipinski definition) is 4. The maximum Gasteiger partial charge on any atom is 0.251 e. The summed E-state index contributed by atoms with van der Waals surface area (Å²) in [7, 11) is 0. The number of amides is 1. The molecular weight excluding hydrogens is 242 g/mol. The van der Waals surface area contributed by atoms with Crippen molar-refractivity contribution in [3.8, 4) is 6.07 Å². The Labute approximate surface area is 115 Å². The van der Waals surface area contributed by atoms with Gasteiger partial charge in [-0.15, -0.1) is 0 Å². The Balaban J connectivity index is 1.85. The highest BCUT2D eigenvalue weighted by molar-refractivity contribution is 5.81. The first kappa shape index (κ1) is 14.3. The van der Waals surface area contributed by atoms with Crippen molar-refractivity contribution in [3.05, 3.63) is 0 Å². The normalized spacial score (nSPS) is 26.4. The predicted molar refractivity (Wildman–Crippen MR) is 71.4 cm³/mol. The van der Waals surface area contributed by atoms with Crippen molar-refractivity contribution in [3.63, 3.8) is 0 Å². The zero-order valence-corrected chi connectivity index (χ0v) is 11.8. The molecule has 2 rings (SSSR count). The third-order valence-corrected chi connectivity index (χ3v) is 3.99. The number of ether oxygens (including phenoxy) is 1. The molecule has 106 valence electrons. The molecule has 0 spiro atoms. The summed E-state index contributed by atoms with van der Waals surface area (Å²) in [5.74, 6) is 0.459. The van der Waals surface area contributed by atoms with E-state index < -0.39 is 0 Å². The number of carbonyl (C=O) groups excluding carboxylic acids is 1. The van der Waals surface area contributed by atoms with Crippen molar-refractivity contribution in [2.45, 2.75) is 38.8 Å². The van der Waals surface area contributed by atoms with Crippen LogP contribution in [0.1, 0.15) is 26.7 Å². The molecule has 0 radical (unpaired) electrons. The number of piperazine rings is 1. The molecule has 0 aromatic rings. The zero-order chi connectivity index (χ0) is 13.8. The van der Waals surface area contributed by atoms with E-state index in [1.807, 2.05) is 4.90 Å². The highest BCUT2D eigenvalue weighted by Crippen LogP contribution is 2.18. The van der Waals surface area contributed by atoms with E-state index in [-0.39, 0.29) is 18.1 Å². The second-order valence-corrected chi connectivity index (χ2v) is 5.68. The fourth-order valence-electron chi connectivity index (χ4n) is 2.85. The van der Waals surface area contributed by atoms with Gasteiger partial charge in [0, 0.05) is 32.8 Å². The Hall–Kier alpha value is -1.12. The summed E-state index contributed by atoms with van der Waals surface area (Å²) >= 11 is 0. The van der Waals surface area contributed by atoms with Crippen molar-refractivity contribution in [2.24, 2.45) is 5.92 Å². The van der Waals surface area contributed by atoms with Crippen molar-refractivity contribution in [1.82, 2.24) is 9.80 Å². The van der Waals surface area contributed by atoms with Crippen LogP contribution in [0.15, 0.2) is 0 Å². The number of carbonyl (C=O) groups is 1. The van der Waals surface area contributed by atoms with Crippen LogP contribution in [-0.2, 0) is 9.53 Å². The van der Waals surface area contributed by atoms with Gasteiger partial charge in [-0.1, -0.05) is 13.8 Å². The standard InChI is InChI=1S/C14H23N3O2/c1-11(2)12(10-15)16-5-7-17(8-6-16)14(18)13-4-3-9-19-13/h11-13H,3-9H2,1-2H3/t12-,13+/m1/s1. The first-order valence-corrected chi connectivity index (χ1v) is 7.17. The Morgan fingerprint density at radius 2 is 2.00 bits per heavy atom. The zero-order valence-electron chi connectivity index (χ0n) is 11.8. The van der Waals surface area contributed by atoms with Gasteiger partial charge in [-0.25, -0.2) is 0 Å². The second-order valence-electron chi connectivity index (χ2n) is 5.68. The summed E-state index contributed by atoms with van der Waals surface area (Å²) < 4.78 is 5.44. The van der Waals surface area contributed by atoms with Crippen molar-refractivity contribution < 1.29 is 9.53 Å². The molecule has 19 heavy (non-hydrogen) atoms. The van der Waals surface area contributed by atoms with Gasteiger partial charge in [-0.05, 0) is 18.8 Å². The molecule has 2 saturated heterocycles. The fourth-order valence-corrected chi connectivity index (χ4v) is 2.85. The van der Waals surface area contributed by atoms with Gasteiger partial charge in [0.05, 0.1) is 6.07 Å². The average Bonchev–Trinajstić information content (AvgIpc) is 2.93. The van der Waals surface area contributed by atoms with Gasteiger partial charge in [0.2, 0.25) is 0 Å². The van der Waals surface area contributed by atoms with E-state index in [0.717, 1.165) is 25.9 Å². The van der Waals surface area contributed by atoms with Gasteiger partial charge >= 0.3 is 0 Å². The van der Waals surface area contributed by atoms with Crippen LogP contribution < -0.4 is 0 Å². The number of rotatable bonds is 3. The minimum Gasteiger partial charge on any atom is -0.368 e. The lowest BCUT2D eigenvalue weighted by molar-refractivity contribution is -0.143. The SMILES string of the molecule is CC(C)[C@@H](C#N)N1CCN(C(=O)[C@@H]2CCCO2)CC1. The summed E-state index contributed by atoms with van der Waals surface area (Å²) in [4.78, 5) is 16.3. The molecule has 0 aromatic heterocycles. The number of nitriles is 1. The maximum absolute atomic E-state index is 12.2. The molecule has 2 heterocycles. The first-order chi connectivity index (χ1) is 9.13. The third kappa shape index (κ3) is 3.26. The molecule has 2 fully saturated rings. The van der Waals surface area contributed by atoms with E-state index in [1.54, 1.807) is 0 Å². The monoisotopic (exact) mass is 265 g/mol. The molecule has 2 atom stereocenters. The lowest BCUT2D eigenvalue weighted by Gasteiger charge is -2.38. The van der Waals surface area contributed by atoms with E-state index in [9.17, 15) is 10.1 Å². The largest absolute Gasteiger partial charge is 0.368 e.